The molecule has 118 valence electrons. The van der Waals surface area contributed by atoms with Crippen molar-refractivity contribution in [3.63, 3.8) is 0 Å². The average molecular weight is 306 g/mol. The fourth-order valence-corrected chi connectivity index (χ4v) is 3.66. The average Bonchev–Trinajstić information content (AvgIpc) is 2.55. The van der Waals surface area contributed by atoms with Gasteiger partial charge in [0.15, 0.2) is 0 Å². The Morgan fingerprint density at radius 1 is 1.30 bits per heavy atom. The SMILES string of the molecule is COC(=O)[C@H]1CC[C@@](C)(CCCOS(C)(=O)=O)C1(C)C. The molecule has 0 aliphatic heterocycles. The van der Waals surface area contributed by atoms with Crippen LogP contribution in [-0.2, 0) is 23.8 Å². The molecule has 2 atom stereocenters. The number of methoxy groups -OCH3 is 1. The summed E-state index contributed by atoms with van der Waals surface area (Å²) in [7, 11) is -1.95. The van der Waals surface area contributed by atoms with Crippen LogP contribution in [-0.4, -0.2) is 34.4 Å². The Kier molecular flexibility index (Phi) is 5.24. The van der Waals surface area contributed by atoms with Gasteiger partial charge in [0.2, 0.25) is 0 Å². The lowest BCUT2D eigenvalue weighted by atomic mass is 9.64. The molecule has 0 saturated heterocycles. The van der Waals surface area contributed by atoms with E-state index in [1.54, 1.807) is 0 Å². The van der Waals surface area contributed by atoms with Gasteiger partial charge >= 0.3 is 5.97 Å². The highest BCUT2D eigenvalue weighted by atomic mass is 32.2. The number of ether oxygens (including phenoxy) is 1. The van der Waals surface area contributed by atoms with Crippen molar-refractivity contribution in [2.75, 3.05) is 20.0 Å². The minimum absolute atomic E-state index is 0.00722. The molecule has 5 nitrogen and oxygen atoms in total. The zero-order valence-electron chi connectivity index (χ0n) is 13.1. The summed E-state index contributed by atoms with van der Waals surface area (Å²) in [5.41, 5.74) is -0.169. The smallest absolute Gasteiger partial charge is 0.309 e. The Hall–Kier alpha value is -0.620. The molecule has 0 bridgehead atoms. The Bertz CT molecular complexity index is 454. The van der Waals surface area contributed by atoms with Crippen LogP contribution in [0.5, 0.6) is 0 Å². The molecule has 0 heterocycles. The van der Waals surface area contributed by atoms with Crippen LogP contribution >= 0.6 is 0 Å². The van der Waals surface area contributed by atoms with E-state index >= 15 is 0 Å². The zero-order valence-corrected chi connectivity index (χ0v) is 13.9. The molecule has 0 N–H and O–H groups in total. The van der Waals surface area contributed by atoms with Gasteiger partial charge in [0.05, 0.1) is 25.9 Å². The lowest BCUT2D eigenvalue weighted by Gasteiger charge is -2.41. The third kappa shape index (κ3) is 3.73. The molecule has 0 amide bonds. The summed E-state index contributed by atoms with van der Waals surface area (Å²) in [4.78, 5) is 11.9. The van der Waals surface area contributed by atoms with Crippen LogP contribution in [0.2, 0.25) is 0 Å². The maximum atomic E-state index is 11.9. The predicted molar refractivity (Wildman–Crippen MR) is 76.7 cm³/mol. The van der Waals surface area contributed by atoms with Gasteiger partial charge in [-0.15, -0.1) is 0 Å². The molecule has 0 radical (unpaired) electrons. The molecule has 0 aromatic rings. The highest BCUT2D eigenvalue weighted by molar-refractivity contribution is 7.85. The van der Waals surface area contributed by atoms with Gasteiger partial charge < -0.3 is 4.74 Å². The third-order valence-corrected chi connectivity index (χ3v) is 5.66. The number of hydrogen-bond acceptors (Lipinski definition) is 5. The third-order valence-electron chi connectivity index (χ3n) is 5.07. The quantitative estimate of drug-likeness (QED) is 0.428. The lowest BCUT2D eigenvalue weighted by Crippen LogP contribution is -2.38. The van der Waals surface area contributed by atoms with Crippen LogP contribution in [0, 0.1) is 16.7 Å². The second kappa shape index (κ2) is 6.02. The number of carbonyl (C=O) groups is 1. The zero-order chi connectivity index (χ0) is 15.6. The molecule has 1 fully saturated rings. The first-order valence-corrected chi connectivity index (χ1v) is 8.77. The summed E-state index contributed by atoms with van der Waals surface area (Å²) < 4.78 is 31.5. The summed E-state index contributed by atoms with van der Waals surface area (Å²) in [5.74, 6) is -0.237. The van der Waals surface area contributed by atoms with E-state index in [1.165, 1.54) is 7.11 Å². The van der Waals surface area contributed by atoms with Crippen LogP contribution in [0.3, 0.4) is 0 Å². The summed E-state index contributed by atoms with van der Waals surface area (Å²) in [6, 6.07) is 0. The molecule has 0 spiro atoms. The van der Waals surface area contributed by atoms with Gasteiger partial charge in [-0.2, -0.15) is 8.42 Å². The van der Waals surface area contributed by atoms with Gasteiger partial charge in [-0.05, 0) is 36.5 Å². The molecule has 1 aliphatic carbocycles. The highest BCUT2D eigenvalue weighted by Crippen LogP contribution is 2.58. The molecule has 0 aromatic carbocycles. The normalized spacial score (nSPS) is 29.4. The van der Waals surface area contributed by atoms with E-state index in [-0.39, 0.29) is 29.3 Å². The largest absolute Gasteiger partial charge is 0.469 e. The first-order valence-electron chi connectivity index (χ1n) is 6.96. The van der Waals surface area contributed by atoms with Gasteiger partial charge in [-0.3, -0.25) is 8.98 Å². The van der Waals surface area contributed by atoms with Crippen molar-refractivity contribution in [2.24, 2.45) is 16.7 Å². The highest BCUT2D eigenvalue weighted by Gasteiger charge is 2.53. The van der Waals surface area contributed by atoms with E-state index in [0.717, 1.165) is 25.5 Å². The van der Waals surface area contributed by atoms with Gasteiger partial charge in [0.25, 0.3) is 10.1 Å². The van der Waals surface area contributed by atoms with Crippen molar-refractivity contribution >= 4 is 16.1 Å². The molecule has 0 aromatic heterocycles. The van der Waals surface area contributed by atoms with Crippen LogP contribution in [0.15, 0.2) is 0 Å². The Labute approximate surface area is 122 Å². The Morgan fingerprint density at radius 3 is 2.40 bits per heavy atom. The van der Waals surface area contributed by atoms with Crippen LogP contribution in [0.1, 0.15) is 46.5 Å². The van der Waals surface area contributed by atoms with E-state index < -0.39 is 10.1 Å². The molecule has 1 aliphatic rings. The molecular weight excluding hydrogens is 280 g/mol. The molecule has 20 heavy (non-hydrogen) atoms. The Morgan fingerprint density at radius 2 is 1.90 bits per heavy atom. The molecular formula is C14H26O5S. The van der Waals surface area contributed by atoms with E-state index in [4.69, 9.17) is 8.92 Å². The number of carbonyl (C=O) groups excluding carboxylic acids is 1. The van der Waals surface area contributed by atoms with Crippen molar-refractivity contribution < 1.29 is 22.1 Å². The molecule has 1 rings (SSSR count). The van der Waals surface area contributed by atoms with Crippen LogP contribution in [0.25, 0.3) is 0 Å². The number of esters is 1. The maximum Gasteiger partial charge on any atom is 0.309 e. The lowest BCUT2D eigenvalue weighted by molar-refractivity contribution is -0.150. The van der Waals surface area contributed by atoms with Crippen molar-refractivity contribution in [1.29, 1.82) is 0 Å². The second-order valence-corrected chi connectivity index (χ2v) is 8.17. The van der Waals surface area contributed by atoms with Gasteiger partial charge in [0.1, 0.15) is 0 Å². The second-order valence-electron chi connectivity index (χ2n) is 6.53. The summed E-state index contributed by atoms with van der Waals surface area (Å²) >= 11 is 0. The van der Waals surface area contributed by atoms with E-state index in [9.17, 15) is 13.2 Å². The topological polar surface area (TPSA) is 69.7 Å². The van der Waals surface area contributed by atoms with E-state index in [1.807, 2.05) is 0 Å². The fraction of sp³-hybridized carbons (Fsp3) is 0.929. The molecule has 1 saturated carbocycles. The van der Waals surface area contributed by atoms with E-state index in [0.29, 0.717) is 6.42 Å². The molecule has 6 heteroatoms. The monoisotopic (exact) mass is 306 g/mol. The predicted octanol–water partition coefficient (Wildman–Crippen LogP) is 2.36. The van der Waals surface area contributed by atoms with Gasteiger partial charge in [-0.25, -0.2) is 0 Å². The molecule has 0 unspecified atom stereocenters. The summed E-state index contributed by atoms with van der Waals surface area (Å²) in [6.45, 7) is 6.56. The number of rotatable bonds is 6. The minimum atomic E-state index is -3.37. The van der Waals surface area contributed by atoms with Gasteiger partial charge in [-0.1, -0.05) is 20.8 Å². The first-order chi connectivity index (χ1) is 9.03. The van der Waals surface area contributed by atoms with Crippen molar-refractivity contribution in [1.82, 2.24) is 0 Å². The fourth-order valence-electron chi connectivity index (χ4n) is 3.24. The van der Waals surface area contributed by atoms with Crippen molar-refractivity contribution in [3.05, 3.63) is 0 Å². The number of hydrogen-bond donors (Lipinski definition) is 0. The first kappa shape index (κ1) is 17.4. The maximum absolute atomic E-state index is 11.9. The summed E-state index contributed by atoms with van der Waals surface area (Å²) in [5, 5.41) is 0. The minimum Gasteiger partial charge on any atom is -0.469 e. The Balaban J connectivity index is 2.63. The van der Waals surface area contributed by atoms with Gasteiger partial charge in [0, 0.05) is 0 Å². The van der Waals surface area contributed by atoms with E-state index in [2.05, 4.69) is 20.8 Å². The summed E-state index contributed by atoms with van der Waals surface area (Å²) in [6.07, 6.45) is 4.33. The van der Waals surface area contributed by atoms with Crippen LogP contribution in [0.4, 0.5) is 0 Å². The standard InChI is InChI=1S/C14H26O5S/c1-13(2)11(12(15)18-4)7-9-14(13,3)8-6-10-19-20(5,16)17/h11H,6-10H2,1-5H3/t11-,14-/m1/s1. The van der Waals surface area contributed by atoms with Crippen molar-refractivity contribution in [2.45, 2.75) is 46.5 Å². The van der Waals surface area contributed by atoms with Crippen LogP contribution < -0.4 is 0 Å². The van der Waals surface area contributed by atoms with Crippen molar-refractivity contribution in [3.8, 4) is 0 Å².